The molecule has 156 valence electrons. The van der Waals surface area contributed by atoms with Crippen LogP contribution in [0.5, 0.6) is 0 Å². The molecule has 0 aliphatic heterocycles. The number of carbonyl (C=O) groups is 2. The lowest BCUT2D eigenvalue weighted by Crippen LogP contribution is -2.34. The van der Waals surface area contributed by atoms with Crippen LogP contribution in [-0.2, 0) is 9.59 Å². The van der Waals surface area contributed by atoms with Gasteiger partial charge in [-0.2, -0.15) is 0 Å². The Labute approximate surface area is 176 Å². The van der Waals surface area contributed by atoms with Crippen molar-refractivity contribution in [3.63, 3.8) is 0 Å². The molecule has 5 nitrogen and oxygen atoms in total. The van der Waals surface area contributed by atoms with Crippen molar-refractivity contribution in [3.8, 4) is 0 Å². The maximum absolute atomic E-state index is 12.9. The van der Waals surface area contributed by atoms with E-state index in [1.165, 1.54) is 41.7 Å². The molecule has 2 N–H and O–H groups in total. The molecule has 2 amide bonds. The number of carbonyl (C=O) groups excluding carboxylic acids is 2. The van der Waals surface area contributed by atoms with Crippen molar-refractivity contribution in [1.29, 1.82) is 0 Å². The van der Waals surface area contributed by atoms with E-state index in [1.54, 1.807) is 6.92 Å². The molecule has 1 unspecified atom stereocenters. The molecule has 0 bridgehead atoms. The van der Waals surface area contributed by atoms with Crippen LogP contribution in [-0.4, -0.2) is 42.5 Å². The zero-order chi connectivity index (χ0) is 21.1. The first-order valence-corrected chi connectivity index (χ1v) is 10.8. The van der Waals surface area contributed by atoms with Gasteiger partial charge in [0.2, 0.25) is 11.8 Å². The third-order valence-corrected chi connectivity index (χ3v) is 5.51. The van der Waals surface area contributed by atoms with Crippen molar-refractivity contribution in [2.75, 3.05) is 35.6 Å². The summed E-state index contributed by atoms with van der Waals surface area (Å²) in [6.07, 6.45) is 0.844. The maximum Gasteiger partial charge on any atom is 0.234 e. The van der Waals surface area contributed by atoms with E-state index in [1.807, 2.05) is 18.2 Å². The third kappa shape index (κ3) is 8.15. The minimum absolute atomic E-state index is 0.0765. The molecule has 2 aromatic rings. The monoisotopic (exact) mass is 417 g/mol. The third-order valence-electron chi connectivity index (χ3n) is 4.37. The quantitative estimate of drug-likeness (QED) is 0.544. The average Bonchev–Trinajstić information content (AvgIpc) is 2.74. The largest absolute Gasteiger partial charge is 0.372 e. The fourth-order valence-electron chi connectivity index (χ4n) is 2.74. The number of rotatable bonds is 11. The van der Waals surface area contributed by atoms with Gasteiger partial charge in [-0.3, -0.25) is 9.59 Å². The van der Waals surface area contributed by atoms with Crippen molar-refractivity contribution < 1.29 is 14.0 Å². The van der Waals surface area contributed by atoms with E-state index >= 15 is 0 Å². The highest BCUT2D eigenvalue weighted by atomic mass is 32.2. The number of thioether (sulfide) groups is 1. The van der Waals surface area contributed by atoms with Crippen LogP contribution in [0.4, 0.5) is 15.8 Å². The number of para-hydroxylation sites is 1. The maximum atomic E-state index is 12.9. The standard InChI is InChI=1S/C22H28FN3O2S/c1-3-26(20-8-5-4-6-9-20)15-7-14-24-22(28)17(2)29-16-21(27)25-19-12-10-18(23)11-13-19/h4-6,8-13,17H,3,7,14-16H2,1-2H3,(H,24,28)(H,25,27). The van der Waals surface area contributed by atoms with Crippen LogP contribution in [0.1, 0.15) is 20.3 Å². The number of nitrogens with zero attached hydrogens (tertiary/aromatic N) is 1. The second kappa shape index (κ2) is 12.1. The minimum atomic E-state index is -0.353. The topological polar surface area (TPSA) is 61.4 Å². The van der Waals surface area contributed by atoms with Gasteiger partial charge in [-0.15, -0.1) is 11.8 Å². The van der Waals surface area contributed by atoms with Crippen LogP contribution in [0.2, 0.25) is 0 Å². The Morgan fingerprint density at radius 3 is 2.45 bits per heavy atom. The van der Waals surface area contributed by atoms with Crippen LogP contribution >= 0.6 is 11.8 Å². The van der Waals surface area contributed by atoms with Crippen molar-refractivity contribution >= 4 is 35.0 Å². The smallest absolute Gasteiger partial charge is 0.234 e. The van der Waals surface area contributed by atoms with Gasteiger partial charge in [0, 0.05) is 31.0 Å². The molecule has 2 rings (SSSR count). The van der Waals surface area contributed by atoms with Gasteiger partial charge in [-0.1, -0.05) is 18.2 Å². The Bertz CT molecular complexity index is 771. The van der Waals surface area contributed by atoms with Gasteiger partial charge in [0.25, 0.3) is 0 Å². The number of benzene rings is 2. The van der Waals surface area contributed by atoms with Crippen LogP contribution in [0.3, 0.4) is 0 Å². The summed E-state index contributed by atoms with van der Waals surface area (Å²) >= 11 is 1.27. The van der Waals surface area contributed by atoms with Crippen LogP contribution in [0.15, 0.2) is 54.6 Å². The summed E-state index contributed by atoms with van der Waals surface area (Å²) in [7, 11) is 0. The molecule has 0 aromatic heterocycles. The van der Waals surface area contributed by atoms with E-state index in [9.17, 15) is 14.0 Å². The van der Waals surface area contributed by atoms with Crippen molar-refractivity contribution in [2.45, 2.75) is 25.5 Å². The van der Waals surface area contributed by atoms with Crippen molar-refractivity contribution in [2.24, 2.45) is 0 Å². The lowest BCUT2D eigenvalue weighted by Gasteiger charge is -2.23. The molecule has 0 heterocycles. The van der Waals surface area contributed by atoms with Gasteiger partial charge >= 0.3 is 0 Å². The number of hydrogen-bond acceptors (Lipinski definition) is 4. The first kappa shape index (κ1) is 22.7. The van der Waals surface area contributed by atoms with Gasteiger partial charge in [-0.05, 0) is 56.7 Å². The Morgan fingerprint density at radius 1 is 1.10 bits per heavy atom. The predicted molar refractivity (Wildman–Crippen MR) is 119 cm³/mol. The molecule has 0 spiro atoms. The van der Waals surface area contributed by atoms with E-state index in [2.05, 4.69) is 34.6 Å². The van der Waals surface area contributed by atoms with E-state index < -0.39 is 0 Å². The molecule has 29 heavy (non-hydrogen) atoms. The highest BCUT2D eigenvalue weighted by Crippen LogP contribution is 2.14. The zero-order valence-electron chi connectivity index (χ0n) is 16.9. The number of hydrogen-bond donors (Lipinski definition) is 2. The van der Waals surface area contributed by atoms with Gasteiger partial charge in [0.1, 0.15) is 5.82 Å². The minimum Gasteiger partial charge on any atom is -0.372 e. The lowest BCUT2D eigenvalue weighted by atomic mass is 10.2. The van der Waals surface area contributed by atoms with Crippen LogP contribution < -0.4 is 15.5 Å². The van der Waals surface area contributed by atoms with Crippen molar-refractivity contribution in [3.05, 3.63) is 60.4 Å². The van der Waals surface area contributed by atoms with Crippen molar-refractivity contribution in [1.82, 2.24) is 5.32 Å². The SMILES string of the molecule is CCN(CCCNC(=O)C(C)SCC(=O)Nc1ccc(F)cc1)c1ccccc1. The molecule has 0 fully saturated rings. The molecule has 7 heteroatoms. The zero-order valence-corrected chi connectivity index (χ0v) is 17.7. The lowest BCUT2D eigenvalue weighted by molar-refractivity contribution is -0.120. The predicted octanol–water partition coefficient (Wildman–Crippen LogP) is 3.92. The van der Waals surface area contributed by atoms with Crippen LogP contribution in [0.25, 0.3) is 0 Å². The second-order valence-corrected chi connectivity index (χ2v) is 7.90. The summed E-state index contributed by atoms with van der Waals surface area (Å²) in [5.41, 5.74) is 1.71. The van der Waals surface area contributed by atoms with Gasteiger partial charge in [-0.25, -0.2) is 4.39 Å². The summed E-state index contributed by atoms with van der Waals surface area (Å²) in [5.74, 6) is -0.493. The molecule has 2 aromatic carbocycles. The molecular formula is C22H28FN3O2S. The first-order chi connectivity index (χ1) is 14.0. The average molecular weight is 418 g/mol. The molecule has 0 aliphatic rings. The Balaban J connectivity index is 1.64. The summed E-state index contributed by atoms with van der Waals surface area (Å²) in [6, 6.07) is 15.8. The highest BCUT2D eigenvalue weighted by Gasteiger charge is 2.15. The van der Waals surface area contributed by atoms with Crippen LogP contribution in [0, 0.1) is 5.82 Å². The fourth-order valence-corrected chi connectivity index (χ4v) is 3.45. The van der Waals surface area contributed by atoms with E-state index in [-0.39, 0.29) is 28.6 Å². The normalized spacial score (nSPS) is 11.6. The highest BCUT2D eigenvalue weighted by molar-refractivity contribution is 8.01. The van der Waals surface area contributed by atoms with E-state index in [4.69, 9.17) is 0 Å². The summed E-state index contributed by atoms with van der Waals surface area (Å²) < 4.78 is 12.9. The molecule has 0 radical (unpaired) electrons. The molecule has 0 saturated heterocycles. The molecule has 0 aliphatic carbocycles. The number of amides is 2. The van der Waals surface area contributed by atoms with E-state index in [0.29, 0.717) is 12.2 Å². The summed E-state index contributed by atoms with van der Waals surface area (Å²) in [6.45, 7) is 6.26. The fraction of sp³-hybridized carbons (Fsp3) is 0.364. The van der Waals surface area contributed by atoms with Gasteiger partial charge in [0.05, 0.1) is 11.0 Å². The molecule has 1 atom stereocenters. The summed E-state index contributed by atoms with van der Waals surface area (Å²) in [5, 5.41) is 5.29. The second-order valence-electron chi connectivity index (χ2n) is 6.57. The Hall–Kier alpha value is -2.54. The Kier molecular flexibility index (Phi) is 9.50. The number of anilines is 2. The molecular weight excluding hydrogens is 389 g/mol. The van der Waals surface area contributed by atoms with Gasteiger partial charge in [0.15, 0.2) is 0 Å². The first-order valence-electron chi connectivity index (χ1n) is 9.74. The van der Waals surface area contributed by atoms with E-state index in [0.717, 1.165) is 19.5 Å². The Morgan fingerprint density at radius 2 is 1.79 bits per heavy atom. The number of nitrogens with one attached hydrogen (secondary N) is 2. The summed E-state index contributed by atoms with van der Waals surface area (Å²) in [4.78, 5) is 26.4. The number of halogens is 1. The van der Waals surface area contributed by atoms with Gasteiger partial charge < -0.3 is 15.5 Å². The molecule has 0 saturated carbocycles.